The van der Waals surface area contributed by atoms with Gasteiger partial charge in [0, 0.05) is 12.6 Å². The molecule has 0 amide bonds. The molecule has 0 fully saturated rings. The molecule has 3 aromatic rings. The van der Waals surface area contributed by atoms with E-state index in [9.17, 15) is 0 Å². The molecule has 7 heteroatoms. The first-order chi connectivity index (χ1) is 15.9. The van der Waals surface area contributed by atoms with Crippen LogP contribution in [0.25, 0.3) is 0 Å². The molecule has 0 spiro atoms. The van der Waals surface area contributed by atoms with E-state index in [2.05, 4.69) is 78.9 Å². The predicted octanol–water partition coefficient (Wildman–Crippen LogP) is 4.61. The Balaban J connectivity index is 1.81. The number of aliphatic imine (C=N–C) groups is 1. The van der Waals surface area contributed by atoms with E-state index in [0.29, 0.717) is 19.0 Å². The highest BCUT2D eigenvalue weighted by molar-refractivity contribution is 5.80. The van der Waals surface area contributed by atoms with Gasteiger partial charge in [0.25, 0.3) is 0 Å². The Hall–Kier alpha value is -3.35. The van der Waals surface area contributed by atoms with Crippen molar-refractivity contribution in [3.05, 3.63) is 76.9 Å². The molecule has 0 radical (unpaired) electrons. The van der Waals surface area contributed by atoms with E-state index in [0.717, 1.165) is 29.4 Å². The molecule has 2 unspecified atom stereocenters. The number of hydrogen-bond donors (Lipinski definition) is 2. The maximum atomic E-state index is 6.17. The summed E-state index contributed by atoms with van der Waals surface area (Å²) in [5, 5.41) is 15.3. The van der Waals surface area contributed by atoms with Gasteiger partial charge in [-0.1, -0.05) is 49.4 Å². The molecule has 0 bridgehead atoms. The fourth-order valence-corrected chi connectivity index (χ4v) is 3.32. The number of aryl methyl sites for hydroxylation is 2. The SMILES string of the molecule is CCC(C)Oc1cc(C)ccc1CN=C(NCc1nnc(C)n1C)NC(C)c1ccccc1. The maximum Gasteiger partial charge on any atom is 0.192 e. The summed E-state index contributed by atoms with van der Waals surface area (Å²) in [5.74, 6) is 3.34. The Kier molecular flexibility index (Phi) is 8.46. The van der Waals surface area contributed by atoms with Gasteiger partial charge >= 0.3 is 0 Å². The van der Waals surface area contributed by atoms with Crippen molar-refractivity contribution in [1.82, 2.24) is 25.4 Å². The summed E-state index contributed by atoms with van der Waals surface area (Å²) >= 11 is 0. The van der Waals surface area contributed by atoms with Gasteiger partial charge in [0.1, 0.15) is 11.6 Å². The van der Waals surface area contributed by atoms with Crippen molar-refractivity contribution in [3.8, 4) is 5.75 Å². The Morgan fingerprint density at radius 3 is 2.52 bits per heavy atom. The molecule has 2 atom stereocenters. The molecule has 0 aliphatic rings. The molecular weight excluding hydrogens is 412 g/mol. The lowest BCUT2D eigenvalue weighted by molar-refractivity contribution is 0.215. The molecule has 1 aromatic heterocycles. The second-order valence-electron chi connectivity index (χ2n) is 8.47. The summed E-state index contributed by atoms with van der Waals surface area (Å²) in [6.07, 6.45) is 1.11. The van der Waals surface area contributed by atoms with Crippen LogP contribution in [0.2, 0.25) is 0 Å². The average Bonchev–Trinajstić information content (AvgIpc) is 3.14. The van der Waals surface area contributed by atoms with Crippen LogP contribution in [0, 0.1) is 13.8 Å². The first-order valence-electron chi connectivity index (χ1n) is 11.6. The van der Waals surface area contributed by atoms with E-state index >= 15 is 0 Å². The quantitative estimate of drug-likeness (QED) is 0.369. The van der Waals surface area contributed by atoms with Crippen LogP contribution < -0.4 is 15.4 Å². The number of ether oxygens (including phenoxy) is 1. The van der Waals surface area contributed by atoms with Gasteiger partial charge in [-0.25, -0.2) is 4.99 Å². The lowest BCUT2D eigenvalue weighted by atomic mass is 10.1. The number of nitrogens with one attached hydrogen (secondary N) is 2. The van der Waals surface area contributed by atoms with E-state index in [-0.39, 0.29) is 12.1 Å². The van der Waals surface area contributed by atoms with Crippen LogP contribution >= 0.6 is 0 Å². The molecule has 33 heavy (non-hydrogen) atoms. The lowest BCUT2D eigenvalue weighted by Crippen LogP contribution is -2.39. The molecule has 0 aliphatic heterocycles. The topological polar surface area (TPSA) is 76.4 Å². The highest BCUT2D eigenvalue weighted by Gasteiger charge is 2.12. The van der Waals surface area contributed by atoms with Crippen LogP contribution in [-0.4, -0.2) is 26.8 Å². The van der Waals surface area contributed by atoms with Crippen molar-refractivity contribution in [3.63, 3.8) is 0 Å². The number of benzene rings is 2. The number of nitrogens with zero attached hydrogens (tertiary/aromatic N) is 4. The third-order valence-corrected chi connectivity index (χ3v) is 5.78. The van der Waals surface area contributed by atoms with Gasteiger partial charge in [0.15, 0.2) is 11.8 Å². The fraction of sp³-hybridized carbons (Fsp3) is 0.423. The molecule has 7 nitrogen and oxygen atoms in total. The van der Waals surface area contributed by atoms with Crippen molar-refractivity contribution in [2.75, 3.05) is 0 Å². The minimum Gasteiger partial charge on any atom is -0.490 e. The van der Waals surface area contributed by atoms with E-state index in [1.807, 2.05) is 36.7 Å². The van der Waals surface area contributed by atoms with Gasteiger partial charge in [-0.2, -0.15) is 0 Å². The summed E-state index contributed by atoms with van der Waals surface area (Å²) in [4.78, 5) is 4.89. The van der Waals surface area contributed by atoms with E-state index in [1.54, 1.807) is 0 Å². The minimum atomic E-state index is 0.0903. The van der Waals surface area contributed by atoms with Gasteiger partial charge in [0.05, 0.1) is 25.2 Å². The van der Waals surface area contributed by atoms with Crippen LogP contribution in [-0.2, 0) is 20.1 Å². The van der Waals surface area contributed by atoms with Crippen molar-refractivity contribution in [2.24, 2.45) is 12.0 Å². The van der Waals surface area contributed by atoms with E-state index in [1.165, 1.54) is 11.1 Å². The number of aromatic nitrogens is 3. The molecule has 0 saturated heterocycles. The fourth-order valence-electron chi connectivity index (χ4n) is 3.32. The molecule has 176 valence electrons. The van der Waals surface area contributed by atoms with Crippen molar-refractivity contribution in [1.29, 1.82) is 0 Å². The van der Waals surface area contributed by atoms with Crippen molar-refractivity contribution < 1.29 is 4.74 Å². The number of guanidine groups is 1. The standard InChI is InChI=1S/C26H36N6O/c1-7-19(3)33-24-15-18(2)13-14-23(24)16-27-26(28-17-25-31-30-21(5)32(25)6)29-20(4)22-11-9-8-10-12-22/h8-15,19-20H,7,16-17H2,1-6H3,(H2,27,28,29). The highest BCUT2D eigenvalue weighted by atomic mass is 16.5. The second kappa shape index (κ2) is 11.5. The van der Waals surface area contributed by atoms with Gasteiger partial charge in [-0.05, 0) is 51.3 Å². The minimum absolute atomic E-state index is 0.0903. The number of rotatable bonds is 9. The molecule has 1 heterocycles. The molecule has 0 aliphatic carbocycles. The van der Waals surface area contributed by atoms with E-state index < -0.39 is 0 Å². The second-order valence-corrected chi connectivity index (χ2v) is 8.47. The molecular formula is C26H36N6O. The Bertz CT molecular complexity index is 1060. The van der Waals surface area contributed by atoms with Gasteiger partial charge in [-0.15, -0.1) is 10.2 Å². The normalized spacial score (nSPS) is 13.5. The molecule has 2 aromatic carbocycles. The summed E-state index contributed by atoms with van der Waals surface area (Å²) in [6.45, 7) is 11.4. The summed E-state index contributed by atoms with van der Waals surface area (Å²) in [7, 11) is 1.97. The first-order valence-corrected chi connectivity index (χ1v) is 11.6. The zero-order valence-corrected chi connectivity index (χ0v) is 20.6. The van der Waals surface area contributed by atoms with Crippen LogP contribution in [0.3, 0.4) is 0 Å². The Morgan fingerprint density at radius 1 is 1.09 bits per heavy atom. The van der Waals surface area contributed by atoms with Crippen LogP contribution in [0.15, 0.2) is 53.5 Å². The Labute approximate surface area is 197 Å². The molecule has 0 saturated carbocycles. The molecule has 2 N–H and O–H groups in total. The van der Waals surface area contributed by atoms with Gasteiger partial charge in [-0.3, -0.25) is 0 Å². The zero-order valence-electron chi connectivity index (χ0n) is 20.6. The molecule has 3 rings (SSSR count). The third kappa shape index (κ3) is 6.81. The summed E-state index contributed by atoms with van der Waals surface area (Å²) in [6, 6.07) is 16.7. The van der Waals surface area contributed by atoms with Gasteiger partial charge < -0.3 is 19.9 Å². The summed E-state index contributed by atoms with van der Waals surface area (Å²) < 4.78 is 8.15. The smallest absolute Gasteiger partial charge is 0.192 e. The zero-order chi connectivity index (χ0) is 23.8. The van der Waals surface area contributed by atoms with Crippen LogP contribution in [0.1, 0.15) is 61.6 Å². The van der Waals surface area contributed by atoms with E-state index in [4.69, 9.17) is 9.73 Å². The van der Waals surface area contributed by atoms with Crippen molar-refractivity contribution in [2.45, 2.75) is 66.3 Å². The third-order valence-electron chi connectivity index (χ3n) is 5.78. The first kappa shape index (κ1) is 24.3. The van der Waals surface area contributed by atoms with Crippen LogP contribution in [0.5, 0.6) is 5.75 Å². The maximum absolute atomic E-state index is 6.17. The predicted molar refractivity (Wildman–Crippen MR) is 133 cm³/mol. The highest BCUT2D eigenvalue weighted by Crippen LogP contribution is 2.23. The largest absolute Gasteiger partial charge is 0.490 e. The van der Waals surface area contributed by atoms with Gasteiger partial charge in [0.2, 0.25) is 0 Å². The number of hydrogen-bond acceptors (Lipinski definition) is 4. The van der Waals surface area contributed by atoms with Crippen LogP contribution in [0.4, 0.5) is 0 Å². The summed E-state index contributed by atoms with van der Waals surface area (Å²) in [5.41, 5.74) is 3.43. The average molecular weight is 449 g/mol. The Morgan fingerprint density at radius 2 is 1.85 bits per heavy atom. The monoisotopic (exact) mass is 448 g/mol. The lowest BCUT2D eigenvalue weighted by Gasteiger charge is -2.19. The van der Waals surface area contributed by atoms with Crippen molar-refractivity contribution >= 4 is 5.96 Å².